The van der Waals surface area contributed by atoms with Crippen molar-refractivity contribution in [3.8, 4) is 0 Å². The number of anilines is 2. The van der Waals surface area contributed by atoms with Gasteiger partial charge in [0, 0.05) is 29.8 Å². The average molecular weight is 295 g/mol. The third kappa shape index (κ3) is 2.64. The Kier molecular flexibility index (Phi) is 3.74. The van der Waals surface area contributed by atoms with E-state index >= 15 is 0 Å². The van der Waals surface area contributed by atoms with Gasteiger partial charge in [-0.1, -0.05) is 22.0 Å². The minimum atomic E-state index is -0.233. The number of rotatable bonds is 3. The van der Waals surface area contributed by atoms with Crippen molar-refractivity contribution in [3.63, 3.8) is 0 Å². The molecule has 0 unspecified atom stereocenters. The highest BCUT2D eigenvalue weighted by Gasteiger charge is 2.09. The van der Waals surface area contributed by atoms with Crippen molar-refractivity contribution < 1.29 is 4.39 Å². The summed E-state index contributed by atoms with van der Waals surface area (Å²) in [5.74, 6) is 0.639. The van der Waals surface area contributed by atoms with Gasteiger partial charge in [-0.3, -0.25) is 0 Å². The minimum Gasteiger partial charge on any atom is -0.329 e. The molecule has 4 heteroatoms. The zero-order valence-electron chi connectivity index (χ0n) is 9.40. The molecule has 0 aliphatic carbocycles. The summed E-state index contributed by atoms with van der Waals surface area (Å²) in [5.41, 5.74) is 2.01. The minimum absolute atomic E-state index is 0.233. The van der Waals surface area contributed by atoms with Crippen molar-refractivity contribution in [1.29, 1.82) is 0 Å². The standard InChI is InChI=1S/C13H12BrFN2/c1-17(12-6-4-11(15)5-7-12)13-10(9-14)3-2-8-16-13/h2-8H,9H2,1H3. The molecule has 0 saturated heterocycles. The molecule has 88 valence electrons. The maximum Gasteiger partial charge on any atom is 0.136 e. The van der Waals surface area contributed by atoms with Crippen LogP contribution in [0, 0.1) is 5.82 Å². The molecule has 0 aliphatic rings. The van der Waals surface area contributed by atoms with Crippen molar-refractivity contribution >= 4 is 27.4 Å². The molecular weight excluding hydrogens is 283 g/mol. The zero-order valence-corrected chi connectivity index (χ0v) is 11.0. The van der Waals surface area contributed by atoms with Crippen molar-refractivity contribution in [1.82, 2.24) is 4.98 Å². The number of alkyl halides is 1. The van der Waals surface area contributed by atoms with E-state index in [1.807, 2.05) is 24.1 Å². The third-order valence-electron chi connectivity index (χ3n) is 2.54. The van der Waals surface area contributed by atoms with Gasteiger partial charge in [0.05, 0.1) is 0 Å². The van der Waals surface area contributed by atoms with Crippen LogP contribution in [-0.2, 0) is 5.33 Å². The van der Waals surface area contributed by atoms with Crippen LogP contribution in [0.25, 0.3) is 0 Å². The van der Waals surface area contributed by atoms with E-state index in [0.717, 1.165) is 22.4 Å². The number of aromatic nitrogens is 1. The fourth-order valence-electron chi connectivity index (χ4n) is 1.62. The first kappa shape index (κ1) is 12.0. The molecule has 1 aromatic heterocycles. The van der Waals surface area contributed by atoms with Crippen LogP contribution < -0.4 is 4.90 Å². The lowest BCUT2D eigenvalue weighted by Gasteiger charge is -2.20. The van der Waals surface area contributed by atoms with Gasteiger partial charge in [0.15, 0.2) is 0 Å². The molecule has 1 aromatic carbocycles. The van der Waals surface area contributed by atoms with Gasteiger partial charge in [0.1, 0.15) is 11.6 Å². The first-order valence-corrected chi connectivity index (χ1v) is 6.33. The predicted octanol–water partition coefficient (Wildman–Crippen LogP) is 3.88. The summed E-state index contributed by atoms with van der Waals surface area (Å²) >= 11 is 3.43. The van der Waals surface area contributed by atoms with Gasteiger partial charge in [-0.2, -0.15) is 0 Å². The molecule has 0 spiro atoms. The Labute approximate surface area is 108 Å². The third-order valence-corrected chi connectivity index (χ3v) is 3.15. The van der Waals surface area contributed by atoms with E-state index in [-0.39, 0.29) is 5.82 Å². The molecule has 1 heterocycles. The highest BCUT2D eigenvalue weighted by molar-refractivity contribution is 9.08. The van der Waals surface area contributed by atoms with Crippen LogP contribution in [0.1, 0.15) is 5.56 Å². The fourth-order valence-corrected chi connectivity index (χ4v) is 2.06. The second-order valence-electron chi connectivity index (χ2n) is 3.66. The topological polar surface area (TPSA) is 16.1 Å². The quantitative estimate of drug-likeness (QED) is 0.799. The molecule has 0 saturated carbocycles. The molecule has 0 radical (unpaired) electrons. The molecule has 0 bridgehead atoms. The normalized spacial score (nSPS) is 10.3. The number of pyridine rings is 1. The average Bonchev–Trinajstić information content (AvgIpc) is 2.39. The van der Waals surface area contributed by atoms with Crippen molar-refractivity contribution in [2.24, 2.45) is 0 Å². The molecule has 0 atom stereocenters. The van der Waals surface area contributed by atoms with Crippen LogP contribution in [0.4, 0.5) is 15.9 Å². The monoisotopic (exact) mass is 294 g/mol. The lowest BCUT2D eigenvalue weighted by atomic mass is 10.2. The smallest absolute Gasteiger partial charge is 0.136 e. The van der Waals surface area contributed by atoms with E-state index in [2.05, 4.69) is 20.9 Å². The predicted molar refractivity (Wildman–Crippen MR) is 71.3 cm³/mol. The highest BCUT2D eigenvalue weighted by Crippen LogP contribution is 2.26. The van der Waals surface area contributed by atoms with Gasteiger partial charge in [0.2, 0.25) is 0 Å². The summed E-state index contributed by atoms with van der Waals surface area (Å²) in [6.45, 7) is 0. The maximum atomic E-state index is 12.9. The maximum absolute atomic E-state index is 12.9. The van der Waals surface area contributed by atoms with Gasteiger partial charge < -0.3 is 4.90 Å². The second-order valence-corrected chi connectivity index (χ2v) is 4.22. The number of halogens is 2. The summed E-state index contributed by atoms with van der Waals surface area (Å²) in [7, 11) is 1.92. The lowest BCUT2D eigenvalue weighted by molar-refractivity contribution is 0.628. The Balaban J connectivity index is 2.36. The summed E-state index contributed by atoms with van der Waals surface area (Å²) in [6.07, 6.45) is 1.75. The van der Waals surface area contributed by atoms with E-state index in [4.69, 9.17) is 0 Å². The largest absolute Gasteiger partial charge is 0.329 e. The number of benzene rings is 1. The molecule has 2 aromatic rings. The van der Waals surface area contributed by atoms with E-state index in [9.17, 15) is 4.39 Å². The lowest BCUT2D eigenvalue weighted by Crippen LogP contribution is -2.13. The number of nitrogens with zero attached hydrogens (tertiary/aromatic N) is 2. The first-order valence-electron chi connectivity index (χ1n) is 5.21. The number of hydrogen-bond donors (Lipinski definition) is 0. The van der Waals surface area contributed by atoms with E-state index in [0.29, 0.717) is 0 Å². The Bertz CT molecular complexity index is 499. The van der Waals surface area contributed by atoms with Crippen LogP contribution in [0.15, 0.2) is 42.6 Å². The van der Waals surface area contributed by atoms with Gasteiger partial charge in [-0.25, -0.2) is 9.37 Å². The molecular formula is C13H12BrFN2. The molecule has 0 fully saturated rings. The first-order chi connectivity index (χ1) is 8.22. The van der Waals surface area contributed by atoms with E-state index in [1.54, 1.807) is 18.3 Å². The molecule has 2 rings (SSSR count). The second kappa shape index (κ2) is 5.27. The molecule has 0 N–H and O–H groups in total. The van der Waals surface area contributed by atoms with Crippen LogP contribution in [-0.4, -0.2) is 12.0 Å². The molecule has 17 heavy (non-hydrogen) atoms. The van der Waals surface area contributed by atoms with E-state index < -0.39 is 0 Å². The van der Waals surface area contributed by atoms with Crippen LogP contribution in [0.3, 0.4) is 0 Å². The Hall–Kier alpha value is -1.42. The van der Waals surface area contributed by atoms with Gasteiger partial charge >= 0.3 is 0 Å². The van der Waals surface area contributed by atoms with Gasteiger partial charge in [-0.05, 0) is 30.3 Å². The fraction of sp³-hybridized carbons (Fsp3) is 0.154. The van der Waals surface area contributed by atoms with E-state index in [1.165, 1.54) is 12.1 Å². The number of hydrogen-bond acceptors (Lipinski definition) is 2. The molecule has 2 nitrogen and oxygen atoms in total. The zero-order chi connectivity index (χ0) is 12.3. The Morgan fingerprint density at radius 2 is 1.94 bits per heavy atom. The Morgan fingerprint density at radius 3 is 2.59 bits per heavy atom. The molecule has 0 aliphatic heterocycles. The summed E-state index contributed by atoms with van der Waals surface area (Å²) in [6, 6.07) is 10.3. The van der Waals surface area contributed by atoms with Crippen molar-refractivity contribution in [3.05, 3.63) is 54.0 Å². The SMILES string of the molecule is CN(c1ccc(F)cc1)c1ncccc1CBr. The molecule has 0 amide bonds. The van der Waals surface area contributed by atoms with Crippen LogP contribution in [0.5, 0.6) is 0 Å². The summed E-state index contributed by atoms with van der Waals surface area (Å²) < 4.78 is 12.9. The summed E-state index contributed by atoms with van der Waals surface area (Å²) in [4.78, 5) is 6.29. The van der Waals surface area contributed by atoms with Gasteiger partial charge in [0.25, 0.3) is 0 Å². The summed E-state index contributed by atoms with van der Waals surface area (Å²) in [5, 5.41) is 0.738. The van der Waals surface area contributed by atoms with Crippen LogP contribution >= 0.6 is 15.9 Å². The van der Waals surface area contributed by atoms with Crippen molar-refractivity contribution in [2.45, 2.75) is 5.33 Å². The van der Waals surface area contributed by atoms with Crippen molar-refractivity contribution in [2.75, 3.05) is 11.9 Å². The van der Waals surface area contributed by atoms with Crippen LogP contribution in [0.2, 0.25) is 0 Å². The van der Waals surface area contributed by atoms with Gasteiger partial charge in [-0.15, -0.1) is 0 Å². The highest BCUT2D eigenvalue weighted by atomic mass is 79.9. The Morgan fingerprint density at radius 1 is 1.24 bits per heavy atom.